The number of hydrogen-bond donors (Lipinski definition) is 0. The van der Waals surface area contributed by atoms with E-state index in [4.69, 9.17) is 14.2 Å². The second kappa shape index (κ2) is 6.31. The van der Waals surface area contributed by atoms with Gasteiger partial charge in [-0.1, -0.05) is 13.3 Å². The highest BCUT2D eigenvalue weighted by atomic mass is 16.8. The first-order valence-corrected chi connectivity index (χ1v) is 6.13. The number of methoxy groups -OCH3 is 3. The molecule has 1 heterocycles. The third kappa shape index (κ3) is 3.31. The van der Waals surface area contributed by atoms with Crippen molar-refractivity contribution in [1.29, 1.82) is 0 Å². The molecular weight excluding hydrogens is 236 g/mol. The highest BCUT2D eigenvalue weighted by Gasteiger charge is 2.46. The van der Waals surface area contributed by atoms with Crippen LogP contribution in [-0.2, 0) is 23.7 Å². The fourth-order valence-corrected chi connectivity index (χ4v) is 1.93. The minimum Gasteiger partial charge on any atom is -0.469 e. The van der Waals surface area contributed by atoms with Crippen molar-refractivity contribution in [1.82, 2.24) is 0 Å². The monoisotopic (exact) mass is 258 g/mol. The van der Waals surface area contributed by atoms with Crippen LogP contribution in [0.2, 0.25) is 0 Å². The van der Waals surface area contributed by atoms with E-state index in [9.17, 15) is 4.79 Å². The van der Waals surface area contributed by atoms with Crippen LogP contribution in [0.5, 0.6) is 0 Å². The van der Waals surface area contributed by atoms with Crippen molar-refractivity contribution in [2.24, 2.45) is 0 Å². The summed E-state index contributed by atoms with van der Waals surface area (Å²) in [6.07, 6.45) is 6.28. The third-order valence-corrected chi connectivity index (χ3v) is 3.12. The molecule has 2 unspecified atom stereocenters. The van der Waals surface area contributed by atoms with Crippen LogP contribution in [0, 0.1) is 0 Å². The zero-order valence-corrected chi connectivity index (χ0v) is 11.5. The molecule has 0 aromatic rings. The van der Waals surface area contributed by atoms with Gasteiger partial charge in [-0.25, -0.2) is 0 Å². The van der Waals surface area contributed by atoms with Crippen molar-refractivity contribution < 1.29 is 23.7 Å². The number of esters is 1. The second-order valence-electron chi connectivity index (χ2n) is 4.32. The molecule has 0 saturated heterocycles. The predicted molar refractivity (Wildman–Crippen MR) is 65.9 cm³/mol. The van der Waals surface area contributed by atoms with Gasteiger partial charge in [0.1, 0.15) is 6.42 Å². The molecule has 0 radical (unpaired) electrons. The van der Waals surface area contributed by atoms with E-state index in [1.54, 1.807) is 13.2 Å². The molecule has 0 spiro atoms. The first-order chi connectivity index (χ1) is 8.55. The van der Waals surface area contributed by atoms with Crippen LogP contribution < -0.4 is 0 Å². The quantitative estimate of drug-likeness (QED) is 0.516. The van der Waals surface area contributed by atoms with Crippen LogP contribution in [0.4, 0.5) is 0 Å². The van der Waals surface area contributed by atoms with Crippen LogP contribution in [-0.4, -0.2) is 38.9 Å². The van der Waals surface area contributed by atoms with Gasteiger partial charge in [0.05, 0.1) is 7.11 Å². The van der Waals surface area contributed by atoms with E-state index in [0.717, 1.165) is 19.3 Å². The Balaban J connectivity index is 2.76. The Bertz CT molecular complexity index is 315. The molecule has 1 rings (SSSR count). The first-order valence-electron chi connectivity index (χ1n) is 6.13. The third-order valence-electron chi connectivity index (χ3n) is 3.12. The van der Waals surface area contributed by atoms with E-state index in [1.807, 2.05) is 6.08 Å². The molecular formula is C13H22O5. The maximum absolute atomic E-state index is 11.4. The fourth-order valence-electron chi connectivity index (χ4n) is 1.93. The summed E-state index contributed by atoms with van der Waals surface area (Å²) in [7, 11) is 4.42. The summed E-state index contributed by atoms with van der Waals surface area (Å²) in [4.78, 5) is 11.4. The molecule has 0 aromatic heterocycles. The van der Waals surface area contributed by atoms with Crippen LogP contribution in [0.1, 0.15) is 32.6 Å². The summed E-state index contributed by atoms with van der Waals surface area (Å²) < 4.78 is 21.3. The van der Waals surface area contributed by atoms with Gasteiger partial charge >= 0.3 is 5.97 Å². The standard InChI is InChI=1S/C13H22O5/c1-5-6-7-12(16-3)8-9-13(17-4,18-12)10-11(14)15-2/h8-9H,5-7,10H2,1-4H3. The van der Waals surface area contributed by atoms with Gasteiger partial charge in [-0.3, -0.25) is 4.79 Å². The Kier molecular flexibility index (Phi) is 5.31. The number of ether oxygens (including phenoxy) is 4. The lowest BCUT2D eigenvalue weighted by molar-refractivity contribution is -0.297. The molecule has 18 heavy (non-hydrogen) atoms. The lowest BCUT2D eigenvalue weighted by Gasteiger charge is -2.33. The minimum atomic E-state index is -1.09. The molecule has 2 atom stereocenters. The molecule has 0 aliphatic carbocycles. The fraction of sp³-hybridized carbons (Fsp3) is 0.769. The van der Waals surface area contributed by atoms with Crippen LogP contribution >= 0.6 is 0 Å². The highest BCUT2D eigenvalue weighted by molar-refractivity contribution is 5.70. The van der Waals surface area contributed by atoms with Gasteiger partial charge in [-0.05, 0) is 18.6 Å². The molecule has 0 aromatic carbocycles. The summed E-state index contributed by atoms with van der Waals surface area (Å²) in [5.41, 5.74) is 0. The molecule has 5 nitrogen and oxygen atoms in total. The lowest BCUT2D eigenvalue weighted by atomic mass is 10.1. The average molecular weight is 258 g/mol. The smallest absolute Gasteiger partial charge is 0.311 e. The molecule has 0 bridgehead atoms. The van der Waals surface area contributed by atoms with E-state index in [0.29, 0.717) is 0 Å². The summed E-state index contributed by atoms with van der Waals surface area (Å²) in [5, 5.41) is 0. The van der Waals surface area contributed by atoms with Gasteiger partial charge < -0.3 is 18.9 Å². The number of carbonyl (C=O) groups excluding carboxylic acids is 1. The Morgan fingerprint density at radius 3 is 2.28 bits per heavy atom. The lowest BCUT2D eigenvalue weighted by Crippen LogP contribution is -2.41. The molecule has 0 amide bonds. The normalized spacial score (nSPS) is 30.7. The summed E-state index contributed by atoms with van der Waals surface area (Å²) in [6.45, 7) is 2.10. The number of rotatable bonds is 7. The first kappa shape index (κ1) is 15.1. The van der Waals surface area contributed by atoms with E-state index in [1.165, 1.54) is 14.2 Å². The Hall–Kier alpha value is -0.910. The number of carbonyl (C=O) groups is 1. The van der Waals surface area contributed by atoms with E-state index in [-0.39, 0.29) is 12.4 Å². The van der Waals surface area contributed by atoms with E-state index >= 15 is 0 Å². The van der Waals surface area contributed by atoms with Crippen molar-refractivity contribution >= 4 is 5.97 Å². The van der Waals surface area contributed by atoms with Crippen molar-refractivity contribution in [3.8, 4) is 0 Å². The molecule has 0 fully saturated rings. The average Bonchev–Trinajstić information content (AvgIpc) is 2.77. The Labute approximate surface area is 108 Å². The van der Waals surface area contributed by atoms with Gasteiger partial charge in [0.25, 0.3) is 0 Å². The Morgan fingerprint density at radius 2 is 1.78 bits per heavy atom. The van der Waals surface area contributed by atoms with Gasteiger partial charge in [0.15, 0.2) is 5.79 Å². The van der Waals surface area contributed by atoms with Crippen molar-refractivity contribution in [3.05, 3.63) is 12.2 Å². The van der Waals surface area contributed by atoms with E-state index in [2.05, 4.69) is 11.7 Å². The SMILES string of the molecule is CCCCC1(OC)C=CC(CC(=O)OC)(OC)O1. The van der Waals surface area contributed by atoms with Crippen molar-refractivity contribution in [3.63, 3.8) is 0 Å². The van der Waals surface area contributed by atoms with Gasteiger partial charge in [0, 0.05) is 20.6 Å². The second-order valence-corrected chi connectivity index (χ2v) is 4.32. The van der Waals surface area contributed by atoms with Crippen molar-refractivity contribution in [2.75, 3.05) is 21.3 Å². The minimum absolute atomic E-state index is 0.00767. The van der Waals surface area contributed by atoms with Crippen LogP contribution in [0.15, 0.2) is 12.2 Å². The predicted octanol–water partition coefficient (Wildman–Crippen LogP) is 2.01. The topological polar surface area (TPSA) is 54.0 Å². The van der Waals surface area contributed by atoms with Gasteiger partial charge in [-0.2, -0.15) is 0 Å². The van der Waals surface area contributed by atoms with E-state index < -0.39 is 11.6 Å². The molecule has 5 heteroatoms. The van der Waals surface area contributed by atoms with Crippen LogP contribution in [0.25, 0.3) is 0 Å². The summed E-state index contributed by atoms with van der Waals surface area (Å²) in [6, 6.07) is 0. The number of hydrogen-bond acceptors (Lipinski definition) is 5. The maximum atomic E-state index is 11.4. The molecule has 1 aliphatic rings. The Morgan fingerprint density at radius 1 is 1.17 bits per heavy atom. The zero-order chi connectivity index (χ0) is 13.6. The van der Waals surface area contributed by atoms with Gasteiger partial charge in [-0.15, -0.1) is 0 Å². The molecule has 1 aliphatic heterocycles. The summed E-state index contributed by atoms with van der Waals surface area (Å²) >= 11 is 0. The summed E-state index contributed by atoms with van der Waals surface area (Å²) in [5.74, 6) is -2.28. The van der Waals surface area contributed by atoms with Gasteiger partial charge in [0.2, 0.25) is 5.79 Å². The molecule has 0 saturated carbocycles. The van der Waals surface area contributed by atoms with Crippen molar-refractivity contribution in [2.45, 2.75) is 44.2 Å². The molecule has 0 N–H and O–H groups in total. The van der Waals surface area contributed by atoms with Crippen LogP contribution in [0.3, 0.4) is 0 Å². The number of unbranched alkanes of at least 4 members (excludes halogenated alkanes) is 1. The largest absolute Gasteiger partial charge is 0.469 e. The molecule has 104 valence electrons. The maximum Gasteiger partial charge on any atom is 0.311 e. The highest BCUT2D eigenvalue weighted by Crippen LogP contribution is 2.38. The zero-order valence-electron chi connectivity index (χ0n) is 11.5.